The summed E-state index contributed by atoms with van der Waals surface area (Å²) in [5, 5.41) is 19.2. The van der Waals surface area contributed by atoms with Crippen molar-refractivity contribution < 1.29 is 9.90 Å². The lowest BCUT2D eigenvalue weighted by molar-refractivity contribution is 0.172. The van der Waals surface area contributed by atoms with Crippen molar-refractivity contribution >= 4 is 11.8 Å². The van der Waals surface area contributed by atoms with Gasteiger partial charge < -0.3 is 10.4 Å². The second-order valence-electron chi connectivity index (χ2n) is 5.92. The van der Waals surface area contributed by atoms with Crippen molar-refractivity contribution in [3.8, 4) is 0 Å². The first kappa shape index (κ1) is 17.0. The van der Waals surface area contributed by atoms with Gasteiger partial charge in [0.15, 0.2) is 5.82 Å². The van der Waals surface area contributed by atoms with Crippen molar-refractivity contribution in [2.45, 2.75) is 38.8 Å². The van der Waals surface area contributed by atoms with E-state index < -0.39 is 5.54 Å². The second-order valence-corrected chi connectivity index (χ2v) is 5.92. The van der Waals surface area contributed by atoms with Gasteiger partial charge in [-0.05, 0) is 25.8 Å². The molecule has 1 aromatic carbocycles. The van der Waals surface area contributed by atoms with Gasteiger partial charge in [-0.15, -0.1) is 0 Å². The van der Waals surface area contributed by atoms with E-state index in [2.05, 4.69) is 15.7 Å². The first-order valence-electron chi connectivity index (χ1n) is 7.77. The predicted molar refractivity (Wildman–Crippen MR) is 90.4 cm³/mol. The number of urea groups is 1. The van der Waals surface area contributed by atoms with Crippen LogP contribution in [0, 0.1) is 0 Å². The zero-order valence-corrected chi connectivity index (χ0v) is 13.8. The summed E-state index contributed by atoms with van der Waals surface area (Å²) in [5.74, 6) is 0.474. The highest BCUT2D eigenvalue weighted by Crippen LogP contribution is 2.18. The number of nitrogens with zero attached hydrogens (tertiary/aromatic N) is 2. The molecule has 0 saturated carbocycles. The predicted octanol–water partition coefficient (Wildman–Crippen LogP) is 2.77. The van der Waals surface area contributed by atoms with Crippen LogP contribution in [0.5, 0.6) is 0 Å². The van der Waals surface area contributed by atoms with Gasteiger partial charge in [0, 0.05) is 12.3 Å². The first-order chi connectivity index (χ1) is 11.0. The van der Waals surface area contributed by atoms with Crippen LogP contribution in [-0.4, -0.2) is 33.1 Å². The highest BCUT2D eigenvalue weighted by atomic mass is 16.3. The van der Waals surface area contributed by atoms with Crippen LogP contribution < -0.4 is 10.6 Å². The van der Waals surface area contributed by atoms with Crippen molar-refractivity contribution in [3.05, 3.63) is 48.2 Å². The Morgan fingerprint density at radius 2 is 2.04 bits per heavy atom. The molecule has 1 heterocycles. The van der Waals surface area contributed by atoms with E-state index >= 15 is 0 Å². The standard InChI is InChI=1S/C17H24N4O2/c1-4-17(3,12-22)19-16(23)18-15-10-11-21(20-15)13(2)14-8-6-5-7-9-14/h5-11,13,22H,4,12H2,1-3H3,(H2,18,19,20,23). The SMILES string of the molecule is CCC(C)(CO)NC(=O)Nc1ccn(C(C)c2ccccc2)n1. The summed E-state index contributed by atoms with van der Waals surface area (Å²) in [5.41, 5.74) is 0.509. The number of rotatable bonds is 6. The van der Waals surface area contributed by atoms with Gasteiger partial charge in [-0.1, -0.05) is 37.3 Å². The van der Waals surface area contributed by atoms with E-state index in [-0.39, 0.29) is 18.7 Å². The molecule has 2 unspecified atom stereocenters. The average molecular weight is 316 g/mol. The third kappa shape index (κ3) is 4.32. The quantitative estimate of drug-likeness (QED) is 0.766. The van der Waals surface area contributed by atoms with Crippen LogP contribution in [0.1, 0.15) is 38.8 Å². The van der Waals surface area contributed by atoms with E-state index in [9.17, 15) is 9.90 Å². The Morgan fingerprint density at radius 1 is 1.35 bits per heavy atom. The summed E-state index contributed by atoms with van der Waals surface area (Å²) < 4.78 is 1.80. The molecule has 3 N–H and O–H groups in total. The molecule has 0 aliphatic carbocycles. The van der Waals surface area contributed by atoms with E-state index in [1.807, 2.05) is 50.4 Å². The van der Waals surface area contributed by atoms with Gasteiger partial charge >= 0.3 is 6.03 Å². The molecular formula is C17H24N4O2. The molecule has 23 heavy (non-hydrogen) atoms. The van der Waals surface area contributed by atoms with Crippen LogP contribution in [0.2, 0.25) is 0 Å². The van der Waals surface area contributed by atoms with Crippen molar-refractivity contribution in [2.75, 3.05) is 11.9 Å². The van der Waals surface area contributed by atoms with E-state index in [1.165, 1.54) is 0 Å². The number of carbonyl (C=O) groups excluding carboxylic acids is 1. The van der Waals surface area contributed by atoms with Crippen molar-refractivity contribution in [1.29, 1.82) is 0 Å². The number of aliphatic hydroxyl groups is 1. The normalized spacial score (nSPS) is 14.8. The van der Waals surface area contributed by atoms with Crippen LogP contribution in [-0.2, 0) is 0 Å². The van der Waals surface area contributed by atoms with Crippen molar-refractivity contribution in [1.82, 2.24) is 15.1 Å². The molecule has 0 fully saturated rings. The maximum Gasteiger partial charge on any atom is 0.320 e. The van der Waals surface area contributed by atoms with Crippen LogP contribution in [0.25, 0.3) is 0 Å². The number of aromatic nitrogens is 2. The fourth-order valence-electron chi connectivity index (χ4n) is 2.17. The Hall–Kier alpha value is -2.34. The number of carbonyl (C=O) groups is 1. The van der Waals surface area contributed by atoms with Crippen LogP contribution in [0.3, 0.4) is 0 Å². The molecule has 2 atom stereocenters. The molecule has 0 aliphatic rings. The summed E-state index contributed by atoms with van der Waals surface area (Å²) >= 11 is 0. The molecule has 1 aromatic heterocycles. The van der Waals surface area contributed by atoms with Crippen molar-refractivity contribution in [2.24, 2.45) is 0 Å². The minimum Gasteiger partial charge on any atom is -0.394 e. The highest BCUT2D eigenvalue weighted by Gasteiger charge is 2.23. The summed E-state index contributed by atoms with van der Waals surface area (Å²) in [7, 11) is 0. The topological polar surface area (TPSA) is 79.2 Å². The molecule has 0 bridgehead atoms. The summed E-state index contributed by atoms with van der Waals surface area (Å²) in [6.07, 6.45) is 2.47. The van der Waals surface area contributed by atoms with E-state index in [4.69, 9.17) is 0 Å². The largest absolute Gasteiger partial charge is 0.394 e. The number of amides is 2. The minimum atomic E-state index is -0.635. The number of anilines is 1. The lowest BCUT2D eigenvalue weighted by Crippen LogP contribution is -2.50. The molecular weight excluding hydrogens is 292 g/mol. The molecule has 0 spiro atoms. The molecule has 6 nitrogen and oxygen atoms in total. The molecule has 2 amide bonds. The number of benzene rings is 1. The van der Waals surface area contributed by atoms with Crippen LogP contribution in [0.15, 0.2) is 42.6 Å². The van der Waals surface area contributed by atoms with Crippen molar-refractivity contribution in [3.63, 3.8) is 0 Å². The van der Waals surface area contributed by atoms with E-state index in [0.717, 1.165) is 5.56 Å². The monoisotopic (exact) mass is 316 g/mol. The van der Waals surface area contributed by atoms with E-state index in [1.54, 1.807) is 17.7 Å². The Kier molecular flexibility index (Phi) is 5.39. The number of hydrogen-bond donors (Lipinski definition) is 3. The van der Waals surface area contributed by atoms with Gasteiger partial charge in [0.2, 0.25) is 0 Å². The lowest BCUT2D eigenvalue weighted by Gasteiger charge is -2.26. The molecule has 0 saturated heterocycles. The van der Waals surface area contributed by atoms with Crippen LogP contribution >= 0.6 is 0 Å². The van der Waals surface area contributed by atoms with Gasteiger partial charge in [0.25, 0.3) is 0 Å². The van der Waals surface area contributed by atoms with Gasteiger partial charge in [-0.2, -0.15) is 5.10 Å². The lowest BCUT2D eigenvalue weighted by atomic mass is 10.0. The van der Waals surface area contributed by atoms with Gasteiger partial charge in [-0.3, -0.25) is 10.00 Å². The average Bonchev–Trinajstić information content (AvgIpc) is 3.03. The minimum absolute atomic E-state index is 0.0770. The number of aliphatic hydroxyl groups excluding tert-OH is 1. The Labute approximate surface area is 136 Å². The summed E-state index contributed by atoms with van der Waals surface area (Å²) in [6, 6.07) is 11.5. The van der Waals surface area contributed by atoms with Gasteiger partial charge in [0.1, 0.15) is 0 Å². The summed E-state index contributed by atoms with van der Waals surface area (Å²) in [6.45, 7) is 5.64. The van der Waals surface area contributed by atoms with Gasteiger partial charge in [0.05, 0.1) is 18.2 Å². The Morgan fingerprint density at radius 3 is 2.65 bits per heavy atom. The fraction of sp³-hybridized carbons (Fsp3) is 0.412. The zero-order chi connectivity index (χ0) is 16.9. The summed E-state index contributed by atoms with van der Waals surface area (Å²) in [4.78, 5) is 12.0. The Balaban J connectivity index is 2.01. The molecule has 0 radical (unpaired) electrons. The second kappa shape index (κ2) is 7.28. The molecule has 124 valence electrons. The molecule has 0 aliphatic heterocycles. The molecule has 2 aromatic rings. The van der Waals surface area contributed by atoms with E-state index in [0.29, 0.717) is 12.2 Å². The smallest absolute Gasteiger partial charge is 0.320 e. The molecule has 6 heteroatoms. The maximum absolute atomic E-state index is 12.0. The third-order valence-electron chi connectivity index (χ3n) is 4.07. The van der Waals surface area contributed by atoms with Crippen LogP contribution in [0.4, 0.5) is 10.6 Å². The highest BCUT2D eigenvalue weighted by molar-refractivity contribution is 5.88. The number of hydrogen-bond acceptors (Lipinski definition) is 3. The fourth-order valence-corrected chi connectivity index (χ4v) is 2.17. The molecule has 2 rings (SSSR count). The van der Waals surface area contributed by atoms with Gasteiger partial charge in [-0.25, -0.2) is 4.79 Å². The maximum atomic E-state index is 12.0. The first-order valence-corrected chi connectivity index (χ1v) is 7.77. The zero-order valence-electron chi connectivity index (χ0n) is 13.8. The third-order valence-corrected chi connectivity index (χ3v) is 4.07. The number of nitrogens with one attached hydrogen (secondary N) is 2. The Bertz CT molecular complexity index is 635.